The van der Waals surface area contributed by atoms with Gasteiger partial charge < -0.3 is 20.1 Å². The van der Waals surface area contributed by atoms with Crippen LogP contribution in [0, 0.1) is 5.92 Å². The topological polar surface area (TPSA) is 61.8 Å². The lowest BCUT2D eigenvalue weighted by molar-refractivity contribution is 0.0893. The van der Waals surface area contributed by atoms with Crippen LogP contribution in [0.5, 0.6) is 0 Å². The summed E-state index contributed by atoms with van der Waals surface area (Å²) in [5, 5.41) is 13.2. The van der Waals surface area contributed by atoms with Gasteiger partial charge in [0.2, 0.25) is 0 Å². The number of piperidine rings is 1. The first-order valence-electron chi connectivity index (χ1n) is 8.03. The lowest BCUT2D eigenvalue weighted by Gasteiger charge is -2.38. The van der Waals surface area contributed by atoms with Crippen LogP contribution in [0.4, 0.5) is 4.79 Å². The van der Waals surface area contributed by atoms with Crippen LogP contribution in [-0.2, 0) is 4.74 Å². The smallest absolute Gasteiger partial charge is 0.409 e. The Labute approximate surface area is 121 Å². The Morgan fingerprint density at radius 3 is 2.60 bits per heavy atom. The van der Waals surface area contributed by atoms with E-state index in [2.05, 4.69) is 5.32 Å². The second-order valence-corrected chi connectivity index (χ2v) is 5.96. The zero-order valence-corrected chi connectivity index (χ0v) is 12.5. The van der Waals surface area contributed by atoms with Gasteiger partial charge in [0, 0.05) is 31.8 Å². The lowest BCUT2D eigenvalue weighted by Crippen LogP contribution is -2.50. The van der Waals surface area contributed by atoms with Crippen LogP contribution < -0.4 is 5.32 Å². The Morgan fingerprint density at radius 2 is 1.95 bits per heavy atom. The molecule has 1 amide bonds. The molecule has 5 heteroatoms. The summed E-state index contributed by atoms with van der Waals surface area (Å²) in [6, 6.07) is 0.922. The van der Waals surface area contributed by atoms with Crippen LogP contribution >= 0.6 is 0 Å². The zero-order valence-electron chi connectivity index (χ0n) is 12.5. The average Bonchev–Trinajstić information content (AvgIpc) is 2.49. The van der Waals surface area contributed by atoms with E-state index in [1.54, 1.807) is 4.90 Å². The summed E-state index contributed by atoms with van der Waals surface area (Å²) in [4.78, 5) is 13.4. The molecule has 1 saturated carbocycles. The summed E-state index contributed by atoms with van der Waals surface area (Å²) in [7, 11) is 0. The van der Waals surface area contributed by atoms with Gasteiger partial charge in [-0.25, -0.2) is 4.79 Å². The molecule has 1 aliphatic heterocycles. The molecule has 1 saturated heterocycles. The van der Waals surface area contributed by atoms with E-state index < -0.39 is 0 Å². The van der Waals surface area contributed by atoms with Crippen molar-refractivity contribution < 1.29 is 14.6 Å². The number of carbonyl (C=O) groups excluding carboxylic acids is 1. The number of nitrogens with one attached hydrogen (secondary N) is 1. The maximum atomic E-state index is 11.6. The van der Waals surface area contributed by atoms with E-state index in [-0.39, 0.29) is 6.09 Å². The number of amides is 1. The van der Waals surface area contributed by atoms with Gasteiger partial charge >= 0.3 is 6.09 Å². The van der Waals surface area contributed by atoms with Crippen molar-refractivity contribution in [2.45, 2.75) is 57.5 Å². The number of rotatable bonds is 4. The number of aliphatic hydroxyl groups is 1. The second kappa shape index (κ2) is 7.84. The van der Waals surface area contributed by atoms with Gasteiger partial charge in [0.15, 0.2) is 0 Å². The first-order valence-corrected chi connectivity index (χ1v) is 8.03. The van der Waals surface area contributed by atoms with Gasteiger partial charge in [0.1, 0.15) is 0 Å². The minimum Gasteiger partial charge on any atom is -0.450 e. The molecule has 0 bridgehead atoms. The van der Waals surface area contributed by atoms with E-state index >= 15 is 0 Å². The van der Waals surface area contributed by atoms with Gasteiger partial charge in [-0.3, -0.25) is 0 Å². The highest BCUT2D eigenvalue weighted by Crippen LogP contribution is 2.25. The van der Waals surface area contributed by atoms with Crippen LogP contribution in [0.2, 0.25) is 0 Å². The Hall–Kier alpha value is -0.810. The Bertz CT molecular complexity index is 303. The summed E-state index contributed by atoms with van der Waals surface area (Å²) >= 11 is 0. The summed E-state index contributed by atoms with van der Waals surface area (Å²) in [6.07, 6.45) is 6.58. The second-order valence-electron chi connectivity index (χ2n) is 5.96. The average molecular weight is 284 g/mol. The van der Waals surface area contributed by atoms with Gasteiger partial charge in [-0.05, 0) is 38.5 Å². The third kappa shape index (κ3) is 4.09. The molecule has 0 radical (unpaired) electrons. The van der Waals surface area contributed by atoms with Gasteiger partial charge in [-0.2, -0.15) is 0 Å². The minimum atomic E-state index is -0.183. The molecule has 2 aliphatic rings. The Balaban J connectivity index is 1.74. The molecule has 5 nitrogen and oxygen atoms in total. The van der Waals surface area contributed by atoms with Crippen LogP contribution in [0.3, 0.4) is 0 Å². The Morgan fingerprint density at radius 1 is 1.25 bits per heavy atom. The quantitative estimate of drug-likeness (QED) is 0.825. The van der Waals surface area contributed by atoms with E-state index in [0.29, 0.717) is 31.2 Å². The fourth-order valence-electron chi connectivity index (χ4n) is 3.39. The minimum absolute atomic E-state index is 0.183. The number of aliphatic hydroxyl groups excluding tert-OH is 1. The molecule has 2 unspecified atom stereocenters. The van der Waals surface area contributed by atoms with Crippen molar-refractivity contribution in [2.24, 2.45) is 5.92 Å². The third-order valence-corrected chi connectivity index (χ3v) is 4.61. The predicted octanol–water partition coefficient (Wildman–Crippen LogP) is 1.75. The zero-order chi connectivity index (χ0) is 14.4. The standard InChI is InChI=1S/C15H28N2O3/c1-2-20-15(19)17-9-7-13(8-10-17)16-14-6-4-3-5-12(14)11-18/h12-14,16,18H,2-11H2,1H3. The van der Waals surface area contributed by atoms with Crippen molar-refractivity contribution >= 4 is 6.09 Å². The largest absolute Gasteiger partial charge is 0.450 e. The first kappa shape index (κ1) is 15.6. The highest BCUT2D eigenvalue weighted by atomic mass is 16.6. The maximum absolute atomic E-state index is 11.6. The normalized spacial score (nSPS) is 28.4. The molecule has 2 fully saturated rings. The number of likely N-dealkylation sites (tertiary alicyclic amines) is 1. The van der Waals surface area contributed by atoms with Crippen molar-refractivity contribution in [1.29, 1.82) is 0 Å². The molecular formula is C15H28N2O3. The molecule has 1 aliphatic carbocycles. The lowest BCUT2D eigenvalue weighted by atomic mass is 9.84. The van der Waals surface area contributed by atoms with Crippen molar-refractivity contribution in [1.82, 2.24) is 10.2 Å². The van der Waals surface area contributed by atoms with Crippen molar-refractivity contribution in [3.05, 3.63) is 0 Å². The molecule has 2 rings (SSSR count). The molecule has 2 atom stereocenters. The highest BCUT2D eigenvalue weighted by molar-refractivity contribution is 5.67. The summed E-state index contributed by atoms with van der Waals surface area (Å²) < 4.78 is 5.03. The summed E-state index contributed by atoms with van der Waals surface area (Å²) in [6.45, 7) is 4.11. The van der Waals surface area contributed by atoms with E-state index in [1.807, 2.05) is 6.92 Å². The number of hydrogen-bond acceptors (Lipinski definition) is 4. The molecule has 1 heterocycles. The van der Waals surface area contributed by atoms with E-state index in [4.69, 9.17) is 4.74 Å². The van der Waals surface area contributed by atoms with Gasteiger partial charge in [0.05, 0.1) is 6.61 Å². The van der Waals surface area contributed by atoms with E-state index in [0.717, 1.165) is 32.4 Å². The van der Waals surface area contributed by atoms with Crippen LogP contribution in [0.15, 0.2) is 0 Å². The van der Waals surface area contributed by atoms with E-state index in [9.17, 15) is 9.90 Å². The number of nitrogens with zero attached hydrogens (tertiary/aromatic N) is 1. The number of ether oxygens (including phenoxy) is 1. The number of hydrogen-bond donors (Lipinski definition) is 2. The highest BCUT2D eigenvalue weighted by Gasteiger charge is 2.29. The molecule has 0 aromatic heterocycles. The monoisotopic (exact) mass is 284 g/mol. The van der Waals surface area contributed by atoms with Gasteiger partial charge in [0.25, 0.3) is 0 Å². The molecule has 0 spiro atoms. The SMILES string of the molecule is CCOC(=O)N1CCC(NC2CCCCC2CO)CC1. The van der Waals surface area contributed by atoms with Crippen molar-refractivity contribution in [3.8, 4) is 0 Å². The molecule has 0 aromatic carbocycles. The van der Waals surface area contributed by atoms with Crippen LogP contribution in [0.1, 0.15) is 45.4 Å². The summed E-state index contributed by atoms with van der Waals surface area (Å²) in [5.41, 5.74) is 0. The maximum Gasteiger partial charge on any atom is 0.409 e. The molecule has 20 heavy (non-hydrogen) atoms. The molecule has 116 valence electrons. The van der Waals surface area contributed by atoms with Gasteiger partial charge in [-0.1, -0.05) is 12.8 Å². The molecule has 0 aromatic rings. The first-order chi connectivity index (χ1) is 9.74. The molecular weight excluding hydrogens is 256 g/mol. The number of carbonyl (C=O) groups is 1. The van der Waals surface area contributed by atoms with Crippen LogP contribution in [-0.4, -0.2) is 54.5 Å². The third-order valence-electron chi connectivity index (χ3n) is 4.61. The van der Waals surface area contributed by atoms with Crippen molar-refractivity contribution in [2.75, 3.05) is 26.3 Å². The predicted molar refractivity (Wildman–Crippen MR) is 77.6 cm³/mol. The fourth-order valence-corrected chi connectivity index (χ4v) is 3.39. The van der Waals surface area contributed by atoms with Crippen molar-refractivity contribution in [3.63, 3.8) is 0 Å². The molecule has 2 N–H and O–H groups in total. The van der Waals surface area contributed by atoms with Gasteiger partial charge in [-0.15, -0.1) is 0 Å². The fraction of sp³-hybridized carbons (Fsp3) is 0.933. The summed E-state index contributed by atoms with van der Waals surface area (Å²) in [5.74, 6) is 0.409. The Kier molecular flexibility index (Phi) is 6.10. The van der Waals surface area contributed by atoms with Crippen LogP contribution in [0.25, 0.3) is 0 Å². The van der Waals surface area contributed by atoms with E-state index in [1.165, 1.54) is 19.3 Å².